The molecule has 48 heavy (non-hydrogen) atoms. The molecule has 0 saturated carbocycles. The fourth-order valence-electron chi connectivity index (χ4n) is 5.04. The highest BCUT2D eigenvalue weighted by Crippen LogP contribution is 2.38. The van der Waals surface area contributed by atoms with Gasteiger partial charge in [0.25, 0.3) is 0 Å². The van der Waals surface area contributed by atoms with Crippen LogP contribution in [0.4, 0.5) is 11.4 Å². The van der Waals surface area contributed by atoms with E-state index in [0.29, 0.717) is 34.0 Å². The Kier molecular flexibility index (Phi) is 11.3. The minimum absolute atomic E-state index is 0.0436. The number of hydrogen-bond acceptors (Lipinski definition) is 7. The van der Waals surface area contributed by atoms with Gasteiger partial charge in [-0.2, -0.15) is 0 Å². The second-order valence-electron chi connectivity index (χ2n) is 10.9. The maximum absolute atomic E-state index is 14.0. The summed E-state index contributed by atoms with van der Waals surface area (Å²) in [6.07, 6.45) is 0.125. The molecular formula is C38H37N5O5. The molecule has 0 bridgehead atoms. The van der Waals surface area contributed by atoms with E-state index in [2.05, 4.69) is 21.1 Å². The van der Waals surface area contributed by atoms with Crippen molar-refractivity contribution < 1.29 is 24.3 Å². The fraction of sp³-hybridized carbons (Fsp3) is 0.132. The number of carbonyl (C=O) groups is 2. The predicted octanol–water partition coefficient (Wildman–Crippen LogP) is 6.02. The van der Waals surface area contributed by atoms with Gasteiger partial charge in [-0.1, -0.05) is 96.2 Å². The van der Waals surface area contributed by atoms with E-state index in [-0.39, 0.29) is 37.2 Å². The van der Waals surface area contributed by atoms with Crippen molar-refractivity contribution in [3.8, 4) is 11.5 Å². The number of nitrogens with zero attached hydrogens (tertiary/aromatic N) is 1. The number of amidine groups is 1. The maximum atomic E-state index is 14.0. The Morgan fingerprint density at radius 3 is 2.00 bits per heavy atom. The van der Waals surface area contributed by atoms with Crippen molar-refractivity contribution in [3.63, 3.8) is 0 Å². The minimum Gasteiger partial charge on any atom is -0.493 e. The lowest BCUT2D eigenvalue weighted by Gasteiger charge is -2.25. The van der Waals surface area contributed by atoms with Crippen LogP contribution < -0.4 is 31.2 Å². The van der Waals surface area contributed by atoms with Crippen molar-refractivity contribution >= 4 is 29.0 Å². The van der Waals surface area contributed by atoms with Gasteiger partial charge in [0.2, 0.25) is 11.8 Å². The van der Waals surface area contributed by atoms with Gasteiger partial charge < -0.3 is 36.4 Å². The number of nitrogens with two attached hydrogens (primary N) is 1. The monoisotopic (exact) mass is 643 g/mol. The summed E-state index contributed by atoms with van der Waals surface area (Å²) in [5, 5.41) is 21.5. The van der Waals surface area contributed by atoms with Crippen LogP contribution in [0.3, 0.4) is 0 Å². The average molecular weight is 644 g/mol. The van der Waals surface area contributed by atoms with Crippen LogP contribution in [0.2, 0.25) is 0 Å². The molecule has 6 N–H and O–H groups in total. The molecule has 10 nitrogen and oxygen atoms in total. The summed E-state index contributed by atoms with van der Waals surface area (Å²) in [4.78, 5) is 27.5. The van der Waals surface area contributed by atoms with Gasteiger partial charge >= 0.3 is 0 Å². The molecule has 1 atom stereocenters. The number of carbonyl (C=O) groups excluding carboxylic acids is 2. The Morgan fingerprint density at radius 2 is 1.40 bits per heavy atom. The van der Waals surface area contributed by atoms with Crippen molar-refractivity contribution in [1.82, 2.24) is 5.32 Å². The van der Waals surface area contributed by atoms with Crippen molar-refractivity contribution in [2.45, 2.75) is 25.6 Å². The summed E-state index contributed by atoms with van der Waals surface area (Å²) >= 11 is 0. The van der Waals surface area contributed by atoms with Gasteiger partial charge in [-0.05, 0) is 47.0 Å². The lowest BCUT2D eigenvalue weighted by Crippen LogP contribution is -2.34. The van der Waals surface area contributed by atoms with E-state index >= 15 is 0 Å². The molecule has 5 aromatic rings. The topological polar surface area (TPSA) is 147 Å². The van der Waals surface area contributed by atoms with E-state index in [1.807, 2.05) is 91.0 Å². The number of methoxy groups -OCH3 is 1. The molecule has 5 rings (SSSR count). The van der Waals surface area contributed by atoms with Gasteiger partial charge in [0, 0.05) is 29.4 Å². The van der Waals surface area contributed by atoms with Crippen LogP contribution in [0.1, 0.15) is 33.9 Å². The highest BCUT2D eigenvalue weighted by Gasteiger charge is 2.27. The molecule has 10 heteroatoms. The van der Waals surface area contributed by atoms with Crippen LogP contribution in [0.5, 0.6) is 11.5 Å². The smallest absolute Gasteiger partial charge is 0.247 e. The zero-order valence-corrected chi connectivity index (χ0v) is 26.4. The van der Waals surface area contributed by atoms with Crippen molar-refractivity contribution in [3.05, 3.63) is 155 Å². The van der Waals surface area contributed by atoms with Gasteiger partial charge in [-0.15, -0.1) is 0 Å². The van der Waals surface area contributed by atoms with Crippen LogP contribution in [-0.4, -0.2) is 30.0 Å². The summed E-state index contributed by atoms with van der Waals surface area (Å²) < 4.78 is 11.9. The Labute approximate surface area is 279 Å². The largest absolute Gasteiger partial charge is 0.493 e. The average Bonchev–Trinajstić information content (AvgIpc) is 3.13. The van der Waals surface area contributed by atoms with Gasteiger partial charge in [0.05, 0.1) is 19.2 Å². The lowest BCUT2D eigenvalue weighted by molar-refractivity contribution is -0.122. The van der Waals surface area contributed by atoms with Crippen LogP contribution >= 0.6 is 0 Å². The van der Waals surface area contributed by atoms with E-state index in [0.717, 1.165) is 16.7 Å². The summed E-state index contributed by atoms with van der Waals surface area (Å²) in [5.74, 6) is 0.114. The van der Waals surface area contributed by atoms with Gasteiger partial charge in [-0.25, -0.2) is 0 Å². The van der Waals surface area contributed by atoms with Crippen LogP contribution in [0.15, 0.2) is 133 Å². The third-order valence-corrected chi connectivity index (χ3v) is 7.54. The third kappa shape index (κ3) is 8.91. The van der Waals surface area contributed by atoms with Gasteiger partial charge in [0.15, 0.2) is 17.3 Å². The molecule has 0 aliphatic heterocycles. The summed E-state index contributed by atoms with van der Waals surface area (Å²) in [7, 11) is 1.52. The molecule has 0 fully saturated rings. The first-order valence-electron chi connectivity index (χ1n) is 15.3. The zero-order valence-electron chi connectivity index (χ0n) is 26.4. The Morgan fingerprint density at radius 1 is 0.792 bits per heavy atom. The van der Waals surface area contributed by atoms with Crippen LogP contribution in [0.25, 0.3) is 0 Å². The molecule has 2 amide bonds. The Bertz CT molecular complexity index is 1830. The number of oxime groups is 1. The third-order valence-electron chi connectivity index (χ3n) is 7.54. The van der Waals surface area contributed by atoms with Gasteiger partial charge in [-0.3, -0.25) is 9.59 Å². The SMILES string of the molecule is COc1cc(C(Nc2ccc(C(N)=NO)cc2)C(=O)NCc2ccccc2)c(NC(=O)Cc2ccccc2)cc1OCc1ccccc1. The van der Waals surface area contributed by atoms with Crippen molar-refractivity contribution in [2.24, 2.45) is 10.9 Å². The molecule has 5 aromatic carbocycles. The quantitative estimate of drug-likeness (QED) is 0.0430. The second kappa shape index (κ2) is 16.3. The molecule has 0 saturated heterocycles. The summed E-state index contributed by atoms with van der Waals surface area (Å²) in [5.41, 5.74) is 10.4. The second-order valence-corrected chi connectivity index (χ2v) is 10.9. The number of hydrogen-bond donors (Lipinski definition) is 5. The first-order chi connectivity index (χ1) is 23.4. The van der Waals surface area contributed by atoms with Gasteiger partial charge in [0.1, 0.15) is 12.6 Å². The number of anilines is 2. The minimum atomic E-state index is -0.993. The fourth-order valence-corrected chi connectivity index (χ4v) is 5.04. The molecule has 0 aliphatic carbocycles. The summed E-state index contributed by atoms with van der Waals surface area (Å²) in [6, 6.07) is 37.8. The molecule has 0 radical (unpaired) electrons. The highest BCUT2D eigenvalue weighted by molar-refractivity contribution is 5.98. The molecular weight excluding hydrogens is 606 g/mol. The number of benzene rings is 5. The van der Waals surface area contributed by atoms with Crippen LogP contribution in [-0.2, 0) is 29.2 Å². The standard InChI is InChI=1S/C38H37N5O5/c1-47-33-22-31(32(42-35(44)21-26-11-5-2-6-12-26)23-34(33)48-25-28-15-9-4-10-16-28)36(38(45)40-24-27-13-7-3-8-14-27)41-30-19-17-29(18-20-30)37(39)43-46/h2-20,22-23,36,41,46H,21,24-25H2,1H3,(H2,39,43)(H,40,45)(H,42,44). The van der Waals surface area contributed by atoms with E-state index in [4.69, 9.17) is 20.4 Å². The molecule has 0 heterocycles. The van der Waals surface area contributed by atoms with E-state index in [1.165, 1.54) is 7.11 Å². The van der Waals surface area contributed by atoms with E-state index in [9.17, 15) is 9.59 Å². The normalized spacial score (nSPS) is 11.6. The van der Waals surface area contributed by atoms with Crippen molar-refractivity contribution in [1.29, 1.82) is 0 Å². The highest BCUT2D eigenvalue weighted by atomic mass is 16.5. The zero-order chi connectivity index (χ0) is 33.7. The molecule has 0 aliphatic rings. The van der Waals surface area contributed by atoms with Crippen LogP contribution in [0, 0.1) is 0 Å². The predicted molar refractivity (Wildman–Crippen MR) is 186 cm³/mol. The first kappa shape index (κ1) is 33.1. The van der Waals surface area contributed by atoms with E-state index < -0.39 is 6.04 Å². The summed E-state index contributed by atoms with van der Waals surface area (Å²) in [6.45, 7) is 0.547. The number of rotatable bonds is 14. The molecule has 244 valence electrons. The van der Waals surface area contributed by atoms with Crippen molar-refractivity contribution in [2.75, 3.05) is 17.7 Å². The molecule has 0 aromatic heterocycles. The number of ether oxygens (including phenoxy) is 2. The molecule has 0 spiro atoms. The van der Waals surface area contributed by atoms with E-state index in [1.54, 1.807) is 36.4 Å². The molecule has 1 unspecified atom stereocenters. The Balaban J connectivity index is 1.53. The number of nitrogens with one attached hydrogen (secondary N) is 3. The first-order valence-corrected chi connectivity index (χ1v) is 15.3. The number of amides is 2. The Hall–Kier alpha value is -6.29. The lowest BCUT2D eigenvalue weighted by atomic mass is 10.0. The maximum Gasteiger partial charge on any atom is 0.247 e.